The number of carbonyl (C=O) groups is 1. The number of hydrogen-bond donors (Lipinski definition) is 1. The Hall–Kier alpha value is -1.39. The minimum atomic E-state index is -0.393. The molecule has 0 radical (unpaired) electrons. The van der Waals surface area contributed by atoms with Crippen molar-refractivity contribution in [3.05, 3.63) is 29.3 Å². The van der Waals surface area contributed by atoms with E-state index in [-0.39, 0.29) is 11.8 Å². The van der Waals surface area contributed by atoms with Crippen molar-refractivity contribution in [3.8, 4) is 0 Å². The smallest absolute Gasteiger partial charge is 0.227 e. The zero-order valence-corrected chi connectivity index (χ0v) is 12.8. The van der Waals surface area contributed by atoms with E-state index >= 15 is 0 Å². The molecular formula is C17H23NO3. The second-order valence-electron chi connectivity index (χ2n) is 6.12. The van der Waals surface area contributed by atoms with Crippen LogP contribution in [0.4, 0.5) is 5.69 Å². The Balaban J connectivity index is 1.60. The highest BCUT2D eigenvalue weighted by molar-refractivity contribution is 5.93. The van der Waals surface area contributed by atoms with Gasteiger partial charge in [0.25, 0.3) is 0 Å². The summed E-state index contributed by atoms with van der Waals surface area (Å²) >= 11 is 0. The highest BCUT2D eigenvalue weighted by atomic mass is 16.7. The second-order valence-corrected chi connectivity index (χ2v) is 6.12. The van der Waals surface area contributed by atoms with Crippen LogP contribution in [0, 0.1) is 19.8 Å². The van der Waals surface area contributed by atoms with Crippen LogP contribution >= 0.6 is 0 Å². The molecule has 1 aliphatic carbocycles. The first-order chi connectivity index (χ1) is 10.1. The van der Waals surface area contributed by atoms with Gasteiger partial charge in [-0.25, -0.2) is 0 Å². The van der Waals surface area contributed by atoms with Crippen LogP contribution < -0.4 is 5.32 Å². The monoisotopic (exact) mass is 289 g/mol. The molecule has 1 aliphatic heterocycles. The fourth-order valence-electron chi connectivity index (χ4n) is 3.23. The van der Waals surface area contributed by atoms with E-state index in [4.69, 9.17) is 9.47 Å². The van der Waals surface area contributed by atoms with Crippen LogP contribution in [-0.4, -0.2) is 24.9 Å². The lowest BCUT2D eigenvalue weighted by Gasteiger charge is -2.34. The molecule has 4 heteroatoms. The molecule has 2 fully saturated rings. The third kappa shape index (κ3) is 2.97. The first-order valence-corrected chi connectivity index (χ1v) is 7.75. The topological polar surface area (TPSA) is 47.6 Å². The Bertz CT molecular complexity index is 525. The van der Waals surface area contributed by atoms with Crippen LogP contribution in [0.3, 0.4) is 0 Å². The zero-order chi connectivity index (χ0) is 14.9. The van der Waals surface area contributed by atoms with Gasteiger partial charge >= 0.3 is 0 Å². The molecule has 0 atom stereocenters. The van der Waals surface area contributed by atoms with E-state index in [0.717, 1.165) is 36.9 Å². The fraction of sp³-hybridized carbons (Fsp3) is 0.588. The highest BCUT2D eigenvalue weighted by Crippen LogP contribution is 2.38. The predicted octanol–water partition coefficient (Wildman–Crippen LogP) is 3.18. The summed E-state index contributed by atoms with van der Waals surface area (Å²) < 4.78 is 11.4. The molecule has 0 aromatic heterocycles. The molecule has 2 aliphatic rings. The summed E-state index contributed by atoms with van der Waals surface area (Å²) in [5, 5.41) is 3.08. The number of amides is 1. The maximum absolute atomic E-state index is 12.4. The summed E-state index contributed by atoms with van der Waals surface area (Å²) in [7, 11) is 0. The fourth-order valence-corrected chi connectivity index (χ4v) is 3.23. The number of rotatable bonds is 2. The molecule has 1 saturated heterocycles. The van der Waals surface area contributed by atoms with Crippen molar-refractivity contribution in [1.29, 1.82) is 0 Å². The summed E-state index contributed by atoms with van der Waals surface area (Å²) in [6.45, 7) is 5.46. The Kier molecular flexibility index (Phi) is 4.00. The summed E-state index contributed by atoms with van der Waals surface area (Å²) in [5.41, 5.74) is 3.26. The number of hydrogen-bond acceptors (Lipinski definition) is 3. The van der Waals surface area contributed by atoms with E-state index in [2.05, 4.69) is 18.3 Å². The lowest BCUT2D eigenvalue weighted by atomic mass is 9.84. The van der Waals surface area contributed by atoms with E-state index in [1.807, 2.05) is 19.1 Å². The molecule has 0 bridgehead atoms. The van der Waals surface area contributed by atoms with Gasteiger partial charge < -0.3 is 14.8 Å². The van der Waals surface area contributed by atoms with Crippen molar-refractivity contribution in [2.24, 2.45) is 5.92 Å². The molecule has 1 spiro atoms. The molecule has 114 valence electrons. The van der Waals surface area contributed by atoms with Crippen LogP contribution in [0.5, 0.6) is 0 Å². The summed E-state index contributed by atoms with van der Waals surface area (Å²) in [6.07, 6.45) is 3.29. The van der Waals surface area contributed by atoms with Gasteiger partial charge in [-0.1, -0.05) is 12.1 Å². The Morgan fingerprint density at radius 3 is 2.52 bits per heavy atom. The summed E-state index contributed by atoms with van der Waals surface area (Å²) in [6, 6.07) is 6.01. The zero-order valence-electron chi connectivity index (χ0n) is 12.8. The minimum absolute atomic E-state index is 0.0586. The summed E-state index contributed by atoms with van der Waals surface area (Å²) in [4.78, 5) is 12.4. The maximum atomic E-state index is 12.4. The van der Waals surface area contributed by atoms with Crippen molar-refractivity contribution in [1.82, 2.24) is 0 Å². The maximum Gasteiger partial charge on any atom is 0.227 e. The van der Waals surface area contributed by atoms with Crippen molar-refractivity contribution in [3.63, 3.8) is 0 Å². The van der Waals surface area contributed by atoms with Crippen molar-refractivity contribution in [2.45, 2.75) is 45.3 Å². The van der Waals surface area contributed by atoms with E-state index < -0.39 is 5.79 Å². The standard InChI is InChI=1S/C17H23NO3/c1-12-4-3-5-15(13(12)2)18-16(19)14-6-8-17(9-7-14)20-10-11-21-17/h3-5,14H,6-11H2,1-2H3,(H,18,19). The number of carbonyl (C=O) groups excluding carboxylic acids is 1. The molecular weight excluding hydrogens is 266 g/mol. The molecule has 1 N–H and O–H groups in total. The van der Waals surface area contributed by atoms with Gasteiger partial charge in [-0.05, 0) is 43.9 Å². The third-order valence-corrected chi connectivity index (χ3v) is 4.79. The molecule has 0 unspecified atom stereocenters. The lowest BCUT2D eigenvalue weighted by Crippen LogP contribution is -2.38. The number of aryl methyl sites for hydroxylation is 1. The van der Waals surface area contributed by atoms with Gasteiger partial charge in [0.15, 0.2) is 5.79 Å². The van der Waals surface area contributed by atoms with Gasteiger partial charge in [0, 0.05) is 24.4 Å². The minimum Gasteiger partial charge on any atom is -0.348 e. The largest absolute Gasteiger partial charge is 0.348 e. The quantitative estimate of drug-likeness (QED) is 0.909. The lowest BCUT2D eigenvalue weighted by molar-refractivity contribution is -0.182. The Morgan fingerprint density at radius 1 is 1.19 bits per heavy atom. The number of anilines is 1. The number of nitrogens with one attached hydrogen (secondary N) is 1. The molecule has 1 saturated carbocycles. The normalized spacial score (nSPS) is 21.6. The van der Waals surface area contributed by atoms with Crippen LogP contribution in [-0.2, 0) is 14.3 Å². The second kappa shape index (κ2) is 5.78. The third-order valence-electron chi connectivity index (χ3n) is 4.79. The van der Waals surface area contributed by atoms with Crippen molar-refractivity contribution in [2.75, 3.05) is 18.5 Å². The van der Waals surface area contributed by atoms with Gasteiger partial charge in [0.1, 0.15) is 0 Å². The van der Waals surface area contributed by atoms with E-state index in [0.29, 0.717) is 13.2 Å². The van der Waals surface area contributed by atoms with E-state index in [1.165, 1.54) is 5.56 Å². The molecule has 1 amide bonds. The van der Waals surface area contributed by atoms with Crippen molar-refractivity contribution >= 4 is 11.6 Å². The first-order valence-electron chi connectivity index (χ1n) is 7.75. The van der Waals surface area contributed by atoms with E-state index in [9.17, 15) is 4.79 Å². The Labute approximate surface area is 125 Å². The van der Waals surface area contributed by atoms with Crippen LogP contribution in [0.25, 0.3) is 0 Å². The average molecular weight is 289 g/mol. The summed E-state index contributed by atoms with van der Waals surface area (Å²) in [5.74, 6) is -0.212. The molecule has 1 aromatic rings. The highest BCUT2D eigenvalue weighted by Gasteiger charge is 2.41. The number of ether oxygens (including phenoxy) is 2. The SMILES string of the molecule is Cc1cccc(NC(=O)C2CCC3(CC2)OCCO3)c1C. The van der Waals surface area contributed by atoms with Gasteiger partial charge in [-0.2, -0.15) is 0 Å². The Morgan fingerprint density at radius 2 is 1.86 bits per heavy atom. The van der Waals surface area contributed by atoms with Crippen molar-refractivity contribution < 1.29 is 14.3 Å². The van der Waals surface area contributed by atoms with Crippen LogP contribution in [0.15, 0.2) is 18.2 Å². The van der Waals surface area contributed by atoms with Gasteiger partial charge in [-0.15, -0.1) is 0 Å². The average Bonchev–Trinajstić information content (AvgIpc) is 2.93. The molecule has 1 aromatic carbocycles. The molecule has 3 rings (SSSR count). The molecule has 4 nitrogen and oxygen atoms in total. The van der Waals surface area contributed by atoms with Crippen LogP contribution in [0.2, 0.25) is 0 Å². The molecule has 1 heterocycles. The van der Waals surface area contributed by atoms with E-state index in [1.54, 1.807) is 0 Å². The van der Waals surface area contributed by atoms with Gasteiger partial charge in [0.2, 0.25) is 5.91 Å². The predicted molar refractivity (Wildman–Crippen MR) is 81.1 cm³/mol. The first kappa shape index (κ1) is 14.5. The van der Waals surface area contributed by atoms with Crippen LogP contribution in [0.1, 0.15) is 36.8 Å². The van der Waals surface area contributed by atoms with Gasteiger partial charge in [0.05, 0.1) is 13.2 Å². The number of benzene rings is 1. The van der Waals surface area contributed by atoms with Gasteiger partial charge in [-0.3, -0.25) is 4.79 Å². The molecule has 21 heavy (non-hydrogen) atoms.